The summed E-state index contributed by atoms with van der Waals surface area (Å²) in [5.74, 6) is -3.39. The third kappa shape index (κ3) is 4.63. The van der Waals surface area contributed by atoms with E-state index >= 15 is 0 Å². The van der Waals surface area contributed by atoms with Crippen molar-refractivity contribution in [2.75, 3.05) is 13.1 Å². The molecule has 1 amide bonds. The molecule has 2 atom stereocenters. The van der Waals surface area contributed by atoms with Crippen LogP contribution in [-0.4, -0.2) is 37.1 Å². The molecular weight excluding hydrogens is 285 g/mol. The molecule has 1 heterocycles. The fraction of sp³-hybridized carbons (Fsp3) is 0.500. The summed E-state index contributed by atoms with van der Waals surface area (Å²) in [4.78, 5) is 11.7. The summed E-state index contributed by atoms with van der Waals surface area (Å²) in [5.41, 5.74) is 0. The van der Waals surface area contributed by atoms with Crippen LogP contribution in [0.25, 0.3) is 0 Å². The SMILES string of the molecule is CC(CNC(=O)C1CC(F)(F)CN1)Oc1cccc(F)c1. The lowest BCUT2D eigenvalue weighted by Gasteiger charge is -2.17. The Labute approximate surface area is 120 Å². The Bertz CT molecular complexity index is 511. The molecule has 1 aliphatic rings. The lowest BCUT2D eigenvalue weighted by molar-refractivity contribution is -0.123. The predicted octanol–water partition coefficient (Wildman–Crippen LogP) is 1.71. The molecule has 7 heteroatoms. The minimum atomic E-state index is -2.84. The van der Waals surface area contributed by atoms with Gasteiger partial charge < -0.3 is 10.1 Å². The van der Waals surface area contributed by atoms with Crippen molar-refractivity contribution in [1.29, 1.82) is 0 Å². The molecule has 2 unspecified atom stereocenters. The molecule has 1 aromatic rings. The van der Waals surface area contributed by atoms with Crippen molar-refractivity contribution in [3.8, 4) is 5.75 Å². The molecule has 1 saturated heterocycles. The standard InChI is InChI=1S/C14H17F3N2O2/c1-9(21-11-4-2-3-10(15)5-11)7-18-13(20)12-6-14(16,17)8-19-12/h2-5,9,12,19H,6-8H2,1H3,(H,18,20). The topological polar surface area (TPSA) is 50.4 Å². The largest absolute Gasteiger partial charge is 0.489 e. The smallest absolute Gasteiger partial charge is 0.262 e. The van der Waals surface area contributed by atoms with Crippen LogP contribution in [0.1, 0.15) is 13.3 Å². The van der Waals surface area contributed by atoms with E-state index in [1.165, 1.54) is 18.2 Å². The summed E-state index contributed by atoms with van der Waals surface area (Å²) < 4.78 is 44.4. The molecule has 0 spiro atoms. The highest BCUT2D eigenvalue weighted by molar-refractivity contribution is 5.82. The Hall–Kier alpha value is -1.76. The van der Waals surface area contributed by atoms with Crippen LogP contribution in [0.3, 0.4) is 0 Å². The maximum Gasteiger partial charge on any atom is 0.262 e. The van der Waals surface area contributed by atoms with Gasteiger partial charge in [-0.05, 0) is 19.1 Å². The number of halogens is 3. The van der Waals surface area contributed by atoms with E-state index in [0.29, 0.717) is 5.75 Å². The summed E-state index contributed by atoms with van der Waals surface area (Å²) in [6.45, 7) is 1.36. The number of nitrogens with one attached hydrogen (secondary N) is 2. The van der Waals surface area contributed by atoms with Gasteiger partial charge >= 0.3 is 0 Å². The molecule has 1 aromatic carbocycles. The Morgan fingerprint density at radius 2 is 2.33 bits per heavy atom. The first kappa shape index (κ1) is 15.6. The molecule has 0 aliphatic carbocycles. The highest BCUT2D eigenvalue weighted by Crippen LogP contribution is 2.25. The van der Waals surface area contributed by atoms with E-state index in [1.54, 1.807) is 13.0 Å². The van der Waals surface area contributed by atoms with Gasteiger partial charge in [0, 0.05) is 12.5 Å². The lowest BCUT2D eigenvalue weighted by Crippen LogP contribution is -2.43. The Morgan fingerprint density at radius 1 is 1.57 bits per heavy atom. The molecule has 21 heavy (non-hydrogen) atoms. The Morgan fingerprint density at radius 3 is 2.95 bits per heavy atom. The highest BCUT2D eigenvalue weighted by atomic mass is 19.3. The average Bonchev–Trinajstić information content (AvgIpc) is 2.76. The zero-order chi connectivity index (χ0) is 15.5. The van der Waals surface area contributed by atoms with Crippen molar-refractivity contribution in [2.24, 2.45) is 0 Å². The van der Waals surface area contributed by atoms with E-state index in [-0.39, 0.29) is 6.54 Å². The molecule has 0 radical (unpaired) electrons. The molecule has 1 aliphatic heterocycles. The molecular formula is C14H17F3N2O2. The van der Waals surface area contributed by atoms with Gasteiger partial charge in [0.05, 0.1) is 19.1 Å². The van der Waals surface area contributed by atoms with Gasteiger partial charge in [0.15, 0.2) is 0 Å². The van der Waals surface area contributed by atoms with Gasteiger partial charge in [-0.15, -0.1) is 0 Å². The normalized spacial score (nSPS) is 21.8. The van der Waals surface area contributed by atoms with E-state index in [4.69, 9.17) is 4.74 Å². The average molecular weight is 302 g/mol. The van der Waals surface area contributed by atoms with E-state index in [9.17, 15) is 18.0 Å². The van der Waals surface area contributed by atoms with Gasteiger partial charge in [-0.25, -0.2) is 13.2 Å². The van der Waals surface area contributed by atoms with Crippen LogP contribution >= 0.6 is 0 Å². The van der Waals surface area contributed by atoms with Crippen LogP contribution in [0.2, 0.25) is 0 Å². The molecule has 2 N–H and O–H groups in total. The summed E-state index contributed by atoms with van der Waals surface area (Å²) in [5, 5.41) is 5.02. The van der Waals surface area contributed by atoms with E-state index in [2.05, 4.69) is 10.6 Å². The summed E-state index contributed by atoms with van der Waals surface area (Å²) in [7, 11) is 0. The summed E-state index contributed by atoms with van der Waals surface area (Å²) >= 11 is 0. The van der Waals surface area contributed by atoms with Gasteiger partial charge in [0.25, 0.3) is 5.92 Å². The second-order valence-electron chi connectivity index (χ2n) is 5.12. The first-order chi connectivity index (χ1) is 9.85. The molecule has 2 rings (SSSR count). The summed E-state index contributed by atoms with van der Waals surface area (Å²) in [6.07, 6.45) is -0.907. The van der Waals surface area contributed by atoms with Gasteiger partial charge in [0.1, 0.15) is 17.7 Å². The molecule has 0 saturated carbocycles. The van der Waals surface area contributed by atoms with Crippen LogP contribution in [0.5, 0.6) is 5.75 Å². The minimum Gasteiger partial charge on any atom is -0.489 e. The summed E-state index contributed by atoms with van der Waals surface area (Å²) in [6, 6.07) is 4.75. The van der Waals surface area contributed by atoms with Gasteiger partial charge in [-0.2, -0.15) is 0 Å². The molecule has 4 nitrogen and oxygen atoms in total. The monoisotopic (exact) mass is 302 g/mol. The number of ether oxygens (including phenoxy) is 1. The fourth-order valence-corrected chi connectivity index (χ4v) is 2.08. The van der Waals surface area contributed by atoms with Crippen LogP contribution in [0.15, 0.2) is 24.3 Å². The van der Waals surface area contributed by atoms with Crippen LogP contribution in [0.4, 0.5) is 13.2 Å². The number of carbonyl (C=O) groups excluding carboxylic acids is 1. The Balaban J connectivity index is 1.76. The van der Waals surface area contributed by atoms with Crippen molar-refractivity contribution in [2.45, 2.75) is 31.4 Å². The van der Waals surface area contributed by atoms with Crippen LogP contribution in [0, 0.1) is 5.82 Å². The van der Waals surface area contributed by atoms with Gasteiger partial charge in [0.2, 0.25) is 5.91 Å². The van der Waals surface area contributed by atoms with Crippen LogP contribution < -0.4 is 15.4 Å². The van der Waals surface area contributed by atoms with Crippen molar-refractivity contribution in [3.63, 3.8) is 0 Å². The predicted molar refractivity (Wildman–Crippen MR) is 70.9 cm³/mol. The number of benzene rings is 1. The van der Waals surface area contributed by atoms with Gasteiger partial charge in [-0.3, -0.25) is 10.1 Å². The molecule has 0 bridgehead atoms. The second kappa shape index (κ2) is 6.34. The zero-order valence-electron chi connectivity index (χ0n) is 11.5. The molecule has 1 fully saturated rings. The van der Waals surface area contributed by atoms with E-state index in [1.807, 2.05) is 0 Å². The van der Waals surface area contributed by atoms with Crippen molar-refractivity contribution in [1.82, 2.24) is 10.6 Å². The van der Waals surface area contributed by atoms with Crippen molar-refractivity contribution in [3.05, 3.63) is 30.1 Å². The number of amides is 1. The zero-order valence-corrected chi connectivity index (χ0v) is 11.5. The maximum absolute atomic E-state index is 13.0. The van der Waals surface area contributed by atoms with E-state index < -0.39 is 42.8 Å². The number of alkyl halides is 2. The van der Waals surface area contributed by atoms with E-state index in [0.717, 1.165) is 0 Å². The first-order valence-electron chi connectivity index (χ1n) is 6.67. The first-order valence-corrected chi connectivity index (χ1v) is 6.67. The lowest BCUT2D eigenvalue weighted by atomic mass is 10.2. The van der Waals surface area contributed by atoms with Crippen molar-refractivity contribution >= 4 is 5.91 Å². The number of carbonyl (C=O) groups is 1. The number of rotatable bonds is 5. The molecule has 116 valence electrons. The number of hydrogen-bond donors (Lipinski definition) is 2. The third-order valence-electron chi connectivity index (χ3n) is 3.12. The Kier molecular flexibility index (Phi) is 4.72. The fourth-order valence-electron chi connectivity index (χ4n) is 2.08. The second-order valence-corrected chi connectivity index (χ2v) is 5.12. The number of hydrogen-bond acceptors (Lipinski definition) is 3. The quantitative estimate of drug-likeness (QED) is 0.870. The molecule has 0 aromatic heterocycles. The minimum absolute atomic E-state index is 0.152. The van der Waals surface area contributed by atoms with Gasteiger partial charge in [-0.1, -0.05) is 6.07 Å². The maximum atomic E-state index is 13.0. The van der Waals surface area contributed by atoms with Crippen LogP contribution in [-0.2, 0) is 4.79 Å². The van der Waals surface area contributed by atoms with Crippen molar-refractivity contribution < 1.29 is 22.7 Å². The third-order valence-corrected chi connectivity index (χ3v) is 3.12. The highest BCUT2D eigenvalue weighted by Gasteiger charge is 2.42.